The van der Waals surface area contributed by atoms with E-state index in [1.54, 1.807) is 11.3 Å². The molecule has 15 heavy (non-hydrogen) atoms. The maximum atomic E-state index is 5.56. The van der Waals surface area contributed by atoms with Crippen molar-refractivity contribution in [3.63, 3.8) is 0 Å². The molecule has 0 saturated carbocycles. The van der Waals surface area contributed by atoms with Crippen molar-refractivity contribution in [1.29, 1.82) is 0 Å². The van der Waals surface area contributed by atoms with Gasteiger partial charge in [-0.1, -0.05) is 0 Å². The van der Waals surface area contributed by atoms with E-state index in [0.717, 1.165) is 18.8 Å². The molecule has 84 valence electrons. The monoisotopic (exact) mass is 226 g/mol. The number of hydrogen-bond donors (Lipinski definition) is 1. The van der Waals surface area contributed by atoms with Crippen molar-refractivity contribution < 1.29 is 4.74 Å². The van der Waals surface area contributed by atoms with E-state index in [1.165, 1.54) is 17.8 Å². The second-order valence-corrected chi connectivity index (χ2v) is 4.98. The third-order valence-electron chi connectivity index (χ3n) is 2.68. The summed E-state index contributed by atoms with van der Waals surface area (Å²) in [6.45, 7) is 6.07. The Morgan fingerprint density at radius 1 is 1.73 bits per heavy atom. The third kappa shape index (κ3) is 3.00. The number of ether oxygens (including phenoxy) is 1. The molecule has 2 atom stereocenters. The van der Waals surface area contributed by atoms with E-state index in [1.807, 2.05) is 6.92 Å². The van der Waals surface area contributed by atoms with E-state index in [2.05, 4.69) is 22.6 Å². The average molecular weight is 226 g/mol. The summed E-state index contributed by atoms with van der Waals surface area (Å²) in [7, 11) is 0. The largest absolute Gasteiger partial charge is 0.377 e. The zero-order valence-electron chi connectivity index (χ0n) is 9.32. The molecule has 1 N–H and O–H groups in total. The van der Waals surface area contributed by atoms with Crippen LogP contribution in [0.25, 0.3) is 0 Å². The minimum Gasteiger partial charge on any atom is -0.377 e. The average Bonchev–Trinajstić information content (AvgIpc) is 2.84. The van der Waals surface area contributed by atoms with Crippen LogP contribution in [0, 0.1) is 6.92 Å². The van der Waals surface area contributed by atoms with Crippen molar-refractivity contribution in [3.05, 3.63) is 16.1 Å². The summed E-state index contributed by atoms with van der Waals surface area (Å²) in [5.41, 5.74) is 1.11. The molecule has 1 aromatic rings. The number of aryl methyl sites for hydroxylation is 1. The van der Waals surface area contributed by atoms with Gasteiger partial charge in [0.1, 0.15) is 5.01 Å². The first-order chi connectivity index (χ1) is 7.25. The van der Waals surface area contributed by atoms with Crippen molar-refractivity contribution in [2.45, 2.75) is 38.8 Å². The standard InChI is InChI=1S/C11H18N2OS/c1-8-7-15-11(13-8)9(2)12-6-10-4-3-5-14-10/h7,9-10,12H,3-6H2,1-2H3. The highest BCUT2D eigenvalue weighted by atomic mass is 32.1. The summed E-state index contributed by atoms with van der Waals surface area (Å²) < 4.78 is 5.56. The Bertz CT molecular complexity index is 307. The molecule has 2 unspecified atom stereocenters. The van der Waals surface area contributed by atoms with Crippen LogP contribution < -0.4 is 5.32 Å². The SMILES string of the molecule is Cc1csc(C(C)NCC2CCCO2)n1. The van der Waals surface area contributed by atoms with Crippen molar-refractivity contribution in [2.24, 2.45) is 0 Å². The van der Waals surface area contributed by atoms with Gasteiger partial charge in [0.2, 0.25) is 0 Å². The first-order valence-electron chi connectivity index (χ1n) is 5.52. The molecule has 0 spiro atoms. The van der Waals surface area contributed by atoms with E-state index in [0.29, 0.717) is 12.1 Å². The summed E-state index contributed by atoms with van der Waals surface area (Å²) in [5, 5.41) is 6.75. The Labute approximate surface area is 94.9 Å². The van der Waals surface area contributed by atoms with Gasteiger partial charge in [0.15, 0.2) is 0 Å². The molecule has 1 aliphatic heterocycles. The minimum atomic E-state index is 0.341. The Morgan fingerprint density at radius 3 is 3.20 bits per heavy atom. The Kier molecular flexibility index (Phi) is 3.72. The lowest BCUT2D eigenvalue weighted by molar-refractivity contribution is 0.108. The van der Waals surface area contributed by atoms with Crippen molar-refractivity contribution >= 4 is 11.3 Å². The molecule has 0 amide bonds. The van der Waals surface area contributed by atoms with Gasteiger partial charge in [-0.3, -0.25) is 0 Å². The molecule has 0 aliphatic carbocycles. The Hall–Kier alpha value is -0.450. The molecule has 2 rings (SSSR count). The zero-order valence-corrected chi connectivity index (χ0v) is 10.1. The highest BCUT2D eigenvalue weighted by Crippen LogP contribution is 2.18. The fraction of sp³-hybridized carbons (Fsp3) is 0.727. The zero-order chi connectivity index (χ0) is 10.7. The summed E-state index contributed by atoms with van der Waals surface area (Å²) in [6.07, 6.45) is 2.81. The molecule has 1 aliphatic rings. The molecule has 1 saturated heterocycles. The number of nitrogens with one attached hydrogen (secondary N) is 1. The summed E-state index contributed by atoms with van der Waals surface area (Å²) in [5.74, 6) is 0. The Balaban J connectivity index is 1.79. The Morgan fingerprint density at radius 2 is 2.60 bits per heavy atom. The van der Waals surface area contributed by atoms with Gasteiger partial charge in [0.05, 0.1) is 12.1 Å². The van der Waals surface area contributed by atoms with E-state index in [9.17, 15) is 0 Å². The number of aromatic nitrogens is 1. The lowest BCUT2D eigenvalue weighted by atomic mass is 10.2. The van der Waals surface area contributed by atoms with Gasteiger partial charge in [-0.25, -0.2) is 4.98 Å². The predicted molar refractivity (Wildman–Crippen MR) is 62.2 cm³/mol. The third-order valence-corrected chi connectivity index (χ3v) is 3.83. The molecule has 0 aromatic carbocycles. The first kappa shape index (κ1) is 11.0. The van der Waals surface area contributed by atoms with Crippen LogP contribution in [0.4, 0.5) is 0 Å². The summed E-state index contributed by atoms with van der Waals surface area (Å²) in [4.78, 5) is 4.47. The molecule has 3 nitrogen and oxygen atoms in total. The molecule has 0 bridgehead atoms. The molecular weight excluding hydrogens is 208 g/mol. The van der Waals surface area contributed by atoms with E-state index in [-0.39, 0.29) is 0 Å². The van der Waals surface area contributed by atoms with Gasteiger partial charge in [0.25, 0.3) is 0 Å². The molecule has 2 heterocycles. The lowest BCUT2D eigenvalue weighted by Gasteiger charge is -2.14. The van der Waals surface area contributed by atoms with Gasteiger partial charge in [-0.2, -0.15) is 0 Å². The first-order valence-corrected chi connectivity index (χ1v) is 6.40. The van der Waals surface area contributed by atoms with Gasteiger partial charge in [0, 0.05) is 24.2 Å². The normalized spacial score (nSPS) is 23.2. The van der Waals surface area contributed by atoms with E-state index >= 15 is 0 Å². The van der Waals surface area contributed by atoms with Gasteiger partial charge in [-0.15, -0.1) is 11.3 Å². The van der Waals surface area contributed by atoms with Gasteiger partial charge >= 0.3 is 0 Å². The van der Waals surface area contributed by atoms with Crippen LogP contribution >= 0.6 is 11.3 Å². The quantitative estimate of drug-likeness (QED) is 0.855. The number of hydrogen-bond acceptors (Lipinski definition) is 4. The van der Waals surface area contributed by atoms with Gasteiger partial charge in [-0.05, 0) is 26.7 Å². The predicted octanol–water partition coefficient (Wildman–Crippen LogP) is 2.28. The van der Waals surface area contributed by atoms with Crippen LogP contribution in [0.5, 0.6) is 0 Å². The second kappa shape index (κ2) is 5.05. The van der Waals surface area contributed by atoms with E-state index < -0.39 is 0 Å². The van der Waals surface area contributed by atoms with Crippen LogP contribution in [-0.4, -0.2) is 24.2 Å². The topological polar surface area (TPSA) is 34.1 Å². The van der Waals surface area contributed by atoms with Crippen molar-refractivity contribution in [2.75, 3.05) is 13.2 Å². The van der Waals surface area contributed by atoms with Gasteiger partial charge < -0.3 is 10.1 Å². The fourth-order valence-electron chi connectivity index (χ4n) is 1.77. The maximum absolute atomic E-state index is 5.56. The summed E-state index contributed by atoms with van der Waals surface area (Å²) >= 11 is 1.73. The molecule has 1 aromatic heterocycles. The van der Waals surface area contributed by atoms with Crippen LogP contribution in [0.1, 0.15) is 36.5 Å². The highest BCUT2D eigenvalue weighted by molar-refractivity contribution is 7.09. The minimum absolute atomic E-state index is 0.341. The van der Waals surface area contributed by atoms with Crippen LogP contribution in [0.3, 0.4) is 0 Å². The van der Waals surface area contributed by atoms with Crippen LogP contribution in [0.15, 0.2) is 5.38 Å². The number of rotatable bonds is 4. The van der Waals surface area contributed by atoms with E-state index in [4.69, 9.17) is 4.74 Å². The number of thiazole rings is 1. The maximum Gasteiger partial charge on any atom is 0.110 e. The smallest absolute Gasteiger partial charge is 0.110 e. The van der Waals surface area contributed by atoms with Crippen LogP contribution in [0.2, 0.25) is 0 Å². The molecular formula is C11H18N2OS. The lowest BCUT2D eigenvalue weighted by Crippen LogP contribution is -2.28. The molecule has 0 radical (unpaired) electrons. The second-order valence-electron chi connectivity index (χ2n) is 4.09. The molecule has 1 fully saturated rings. The van der Waals surface area contributed by atoms with Crippen molar-refractivity contribution in [3.8, 4) is 0 Å². The number of nitrogens with zero attached hydrogens (tertiary/aromatic N) is 1. The highest BCUT2D eigenvalue weighted by Gasteiger charge is 2.17. The molecule has 4 heteroatoms. The van der Waals surface area contributed by atoms with Crippen LogP contribution in [-0.2, 0) is 4.74 Å². The summed E-state index contributed by atoms with van der Waals surface area (Å²) in [6, 6.07) is 0.341. The fourth-order valence-corrected chi connectivity index (χ4v) is 2.60. The van der Waals surface area contributed by atoms with Crippen molar-refractivity contribution in [1.82, 2.24) is 10.3 Å².